The highest BCUT2D eigenvalue weighted by Gasteiger charge is 2.24. The molecule has 0 N–H and O–H groups in total. The Hall–Kier alpha value is -2.29. The second-order valence-electron chi connectivity index (χ2n) is 3.77. The number of esters is 1. The molecule has 2 aromatic carbocycles. The Labute approximate surface area is 98.6 Å². The average molecular weight is 226 g/mol. The molecule has 0 unspecified atom stereocenters. The first kappa shape index (κ1) is 9.90. The van der Waals surface area contributed by atoms with Crippen molar-refractivity contribution in [3.8, 4) is 11.5 Å². The maximum absolute atomic E-state index is 11.4. The number of ether oxygens (including phenoxy) is 2. The van der Waals surface area contributed by atoms with Gasteiger partial charge in [0.2, 0.25) is 0 Å². The van der Waals surface area contributed by atoms with Gasteiger partial charge in [0.25, 0.3) is 0 Å². The Balaban J connectivity index is 1.98. The molecule has 3 nitrogen and oxygen atoms in total. The van der Waals surface area contributed by atoms with Crippen molar-refractivity contribution in [3.05, 3.63) is 59.7 Å². The first-order chi connectivity index (χ1) is 8.34. The van der Waals surface area contributed by atoms with Crippen LogP contribution >= 0.6 is 0 Å². The fourth-order valence-corrected chi connectivity index (χ4v) is 1.83. The van der Waals surface area contributed by atoms with E-state index < -0.39 is 0 Å². The van der Waals surface area contributed by atoms with Crippen LogP contribution in [0.25, 0.3) is 0 Å². The standard InChI is InChI=1S/C14H10O3/c15-14-11-7-4-8-13(12(11)9-16-14)17-10-5-2-1-3-6-10/h1-8H,9H2. The smallest absolute Gasteiger partial charge is 0.339 e. The van der Waals surface area contributed by atoms with E-state index in [2.05, 4.69) is 0 Å². The third kappa shape index (κ3) is 1.76. The minimum Gasteiger partial charge on any atom is -0.457 e. The van der Waals surface area contributed by atoms with Gasteiger partial charge in [-0.15, -0.1) is 0 Å². The van der Waals surface area contributed by atoms with E-state index in [0.717, 1.165) is 11.3 Å². The predicted molar refractivity (Wildman–Crippen MR) is 62.1 cm³/mol. The number of fused-ring (bicyclic) bond motifs is 1. The number of para-hydroxylation sites is 1. The molecule has 0 aromatic heterocycles. The molecule has 0 bridgehead atoms. The van der Waals surface area contributed by atoms with Crippen LogP contribution in [0.3, 0.4) is 0 Å². The molecule has 2 aromatic rings. The number of carbonyl (C=O) groups excluding carboxylic acids is 1. The van der Waals surface area contributed by atoms with E-state index in [-0.39, 0.29) is 12.6 Å². The van der Waals surface area contributed by atoms with Gasteiger partial charge in [-0.2, -0.15) is 0 Å². The topological polar surface area (TPSA) is 35.5 Å². The number of hydrogen-bond donors (Lipinski definition) is 0. The predicted octanol–water partition coefficient (Wildman–Crippen LogP) is 3.15. The quantitative estimate of drug-likeness (QED) is 0.738. The maximum atomic E-state index is 11.4. The lowest BCUT2D eigenvalue weighted by Gasteiger charge is -2.08. The van der Waals surface area contributed by atoms with E-state index >= 15 is 0 Å². The summed E-state index contributed by atoms with van der Waals surface area (Å²) in [5.41, 5.74) is 1.42. The van der Waals surface area contributed by atoms with Crippen molar-refractivity contribution >= 4 is 5.97 Å². The highest BCUT2D eigenvalue weighted by atomic mass is 16.5. The summed E-state index contributed by atoms with van der Waals surface area (Å²) in [6.07, 6.45) is 0. The van der Waals surface area contributed by atoms with Gasteiger partial charge in [-0.1, -0.05) is 24.3 Å². The lowest BCUT2D eigenvalue weighted by atomic mass is 10.1. The summed E-state index contributed by atoms with van der Waals surface area (Å²) in [6.45, 7) is 0.289. The fraction of sp³-hybridized carbons (Fsp3) is 0.0714. The molecule has 0 saturated carbocycles. The van der Waals surface area contributed by atoms with E-state index in [1.54, 1.807) is 12.1 Å². The van der Waals surface area contributed by atoms with Crippen molar-refractivity contribution in [1.29, 1.82) is 0 Å². The molecule has 17 heavy (non-hydrogen) atoms. The molecule has 1 aliphatic heterocycles. The van der Waals surface area contributed by atoms with Crippen LogP contribution in [0, 0.1) is 0 Å². The minimum absolute atomic E-state index is 0.279. The van der Waals surface area contributed by atoms with Gasteiger partial charge in [0.05, 0.1) is 5.56 Å². The molecule has 1 heterocycles. The van der Waals surface area contributed by atoms with E-state index in [1.165, 1.54) is 0 Å². The van der Waals surface area contributed by atoms with E-state index in [9.17, 15) is 4.79 Å². The summed E-state index contributed by atoms with van der Waals surface area (Å²) in [5, 5.41) is 0. The Morgan fingerprint density at radius 3 is 2.65 bits per heavy atom. The SMILES string of the molecule is O=C1OCc2c(Oc3ccccc3)cccc21. The van der Waals surface area contributed by atoms with Crippen LogP contribution in [0.1, 0.15) is 15.9 Å². The summed E-state index contributed by atoms with van der Waals surface area (Å²) >= 11 is 0. The molecular weight excluding hydrogens is 216 g/mol. The third-order valence-corrected chi connectivity index (χ3v) is 2.67. The highest BCUT2D eigenvalue weighted by molar-refractivity contribution is 5.94. The van der Waals surface area contributed by atoms with Crippen molar-refractivity contribution in [3.63, 3.8) is 0 Å². The Bertz CT molecular complexity index is 561. The lowest BCUT2D eigenvalue weighted by Crippen LogP contribution is -1.94. The summed E-state index contributed by atoms with van der Waals surface area (Å²) in [5.74, 6) is 1.15. The second-order valence-corrected chi connectivity index (χ2v) is 3.77. The van der Waals surface area contributed by atoms with Crippen LogP contribution in [-0.4, -0.2) is 5.97 Å². The lowest BCUT2D eigenvalue weighted by molar-refractivity contribution is 0.0534. The number of carbonyl (C=O) groups is 1. The molecule has 0 amide bonds. The maximum Gasteiger partial charge on any atom is 0.339 e. The number of rotatable bonds is 2. The zero-order valence-corrected chi connectivity index (χ0v) is 9.05. The van der Waals surface area contributed by atoms with Crippen LogP contribution < -0.4 is 4.74 Å². The van der Waals surface area contributed by atoms with E-state index in [4.69, 9.17) is 9.47 Å². The molecule has 0 aliphatic carbocycles. The van der Waals surface area contributed by atoms with E-state index in [1.807, 2.05) is 36.4 Å². The van der Waals surface area contributed by atoms with Crippen LogP contribution in [0.4, 0.5) is 0 Å². The van der Waals surface area contributed by atoms with Gasteiger partial charge < -0.3 is 9.47 Å². The second kappa shape index (κ2) is 3.94. The van der Waals surface area contributed by atoms with Crippen molar-refractivity contribution in [1.82, 2.24) is 0 Å². The van der Waals surface area contributed by atoms with Crippen molar-refractivity contribution in [2.45, 2.75) is 6.61 Å². The van der Waals surface area contributed by atoms with Crippen LogP contribution in [0.5, 0.6) is 11.5 Å². The zero-order chi connectivity index (χ0) is 11.7. The first-order valence-electron chi connectivity index (χ1n) is 5.36. The molecule has 0 fully saturated rings. The largest absolute Gasteiger partial charge is 0.457 e. The van der Waals surface area contributed by atoms with Gasteiger partial charge in [-0.3, -0.25) is 0 Å². The summed E-state index contributed by atoms with van der Waals surface area (Å²) < 4.78 is 10.7. The molecule has 0 radical (unpaired) electrons. The van der Waals surface area contributed by atoms with Crippen LogP contribution in [-0.2, 0) is 11.3 Å². The van der Waals surface area contributed by atoms with Gasteiger partial charge >= 0.3 is 5.97 Å². The van der Waals surface area contributed by atoms with Crippen LogP contribution in [0.2, 0.25) is 0 Å². The van der Waals surface area contributed by atoms with Crippen molar-refractivity contribution in [2.24, 2.45) is 0 Å². The van der Waals surface area contributed by atoms with Crippen molar-refractivity contribution in [2.75, 3.05) is 0 Å². The Morgan fingerprint density at radius 2 is 1.82 bits per heavy atom. The molecule has 1 aliphatic rings. The van der Waals surface area contributed by atoms with Gasteiger partial charge in [-0.05, 0) is 24.3 Å². The summed E-state index contributed by atoms with van der Waals surface area (Å²) in [7, 11) is 0. The third-order valence-electron chi connectivity index (χ3n) is 2.67. The zero-order valence-electron chi connectivity index (χ0n) is 9.05. The molecule has 0 saturated heterocycles. The Morgan fingerprint density at radius 1 is 1.00 bits per heavy atom. The normalized spacial score (nSPS) is 13.1. The van der Waals surface area contributed by atoms with Gasteiger partial charge in [-0.25, -0.2) is 4.79 Å². The van der Waals surface area contributed by atoms with Gasteiger partial charge in [0.15, 0.2) is 0 Å². The number of benzene rings is 2. The van der Waals surface area contributed by atoms with Gasteiger partial charge in [0.1, 0.15) is 18.1 Å². The molecule has 0 atom stereocenters. The molecule has 3 rings (SSSR count). The van der Waals surface area contributed by atoms with E-state index in [0.29, 0.717) is 11.3 Å². The monoisotopic (exact) mass is 226 g/mol. The molecular formula is C14H10O3. The Kier molecular flexibility index (Phi) is 2.29. The fourth-order valence-electron chi connectivity index (χ4n) is 1.83. The number of hydrogen-bond acceptors (Lipinski definition) is 3. The summed E-state index contributed by atoms with van der Waals surface area (Å²) in [4.78, 5) is 11.4. The molecule has 0 spiro atoms. The molecule has 3 heteroatoms. The summed E-state index contributed by atoms with van der Waals surface area (Å²) in [6, 6.07) is 14.9. The first-order valence-corrected chi connectivity index (χ1v) is 5.36. The molecule has 84 valence electrons. The number of cyclic esters (lactones) is 1. The van der Waals surface area contributed by atoms with Crippen LogP contribution in [0.15, 0.2) is 48.5 Å². The minimum atomic E-state index is -0.279. The van der Waals surface area contributed by atoms with Gasteiger partial charge in [0, 0.05) is 5.56 Å². The van der Waals surface area contributed by atoms with Crippen molar-refractivity contribution < 1.29 is 14.3 Å². The average Bonchev–Trinajstić information content (AvgIpc) is 2.74. The highest BCUT2D eigenvalue weighted by Crippen LogP contribution is 2.32.